The first kappa shape index (κ1) is 13.2. The average Bonchev–Trinajstić information content (AvgIpc) is 3.18. The van der Waals surface area contributed by atoms with E-state index in [1.165, 1.54) is 17.5 Å². The summed E-state index contributed by atoms with van der Waals surface area (Å²) in [7, 11) is 0. The molecule has 3 rings (SSSR count). The second kappa shape index (κ2) is 5.66. The number of alkyl halides is 1. The number of carbonyl (C=O) groups excluding carboxylic acids is 1. The molecule has 0 radical (unpaired) electrons. The third kappa shape index (κ3) is 2.58. The van der Waals surface area contributed by atoms with Crippen LogP contribution in [0.1, 0.15) is 36.3 Å². The highest BCUT2D eigenvalue weighted by Gasteiger charge is 2.56. The Hall–Kier alpha value is -0.830. The van der Waals surface area contributed by atoms with Crippen LogP contribution in [0, 0.1) is 11.8 Å². The standard InChI is InChI=1S/C16H20BrNO/c17-9-3-4-10-18-16(19)15-13-8-7-11-5-1-2-6-12(11)14(13)15/h1-2,5-6,13-15H,3-4,7-10H2,(H,18,19). The SMILES string of the molecule is O=C(NCCCCBr)C1C2CCc3ccccc3C21. The fourth-order valence-electron chi connectivity index (χ4n) is 3.47. The molecule has 0 bridgehead atoms. The number of nitrogens with one attached hydrogen (secondary N) is 1. The van der Waals surface area contributed by atoms with Crippen LogP contribution in [0.25, 0.3) is 0 Å². The van der Waals surface area contributed by atoms with E-state index in [4.69, 9.17) is 0 Å². The van der Waals surface area contributed by atoms with Gasteiger partial charge in [0.25, 0.3) is 0 Å². The van der Waals surface area contributed by atoms with Crippen molar-refractivity contribution in [2.75, 3.05) is 11.9 Å². The van der Waals surface area contributed by atoms with Gasteiger partial charge in [-0.05, 0) is 48.6 Å². The van der Waals surface area contributed by atoms with E-state index < -0.39 is 0 Å². The van der Waals surface area contributed by atoms with E-state index >= 15 is 0 Å². The maximum Gasteiger partial charge on any atom is 0.224 e. The van der Waals surface area contributed by atoms with Gasteiger partial charge in [0.1, 0.15) is 0 Å². The highest BCUT2D eigenvalue weighted by atomic mass is 79.9. The maximum atomic E-state index is 12.2. The monoisotopic (exact) mass is 321 g/mol. The molecule has 1 N–H and O–H groups in total. The number of benzene rings is 1. The molecule has 0 spiro atoms. The maximum absolute atomic E-state index is 12.2. The van der Waals surface area contributed by atoms with Gasteiger partial charge >= 0.3 is 0 Å². The molecule has 2 aliphatic rings. The zero-order valence-corrected chi connectivity index (χ0v) is 12.7. The topological polar surface area (TPSA) is 29.1 Å². The summed E-state index contributed by atoms with van der Waals surface area (Å²) in [5, 5.41) is 4.13. The highest BCUT2D eigenvalue weighted by Crippen LogP contribution is 2.59. The fraction of sp³-hybridized carbons (Fsp3) is 0.562. The summed E-state index contributed by atoms with van der Waals surface area (Å²) in [6.45, 7) is 0.821. The summed E-state index contributed by atoms with van der Waals surface area (Å²) in [4.78, 5) is 12.2. The van der Waals surface area contributed by atoms with Crippen LogP contribution in [0.15, 0.2) is 24.3 Å². The van der Waals surface area contributed by atoms with Crippen molar-refractivity contribution in [2.24, 2.45) is 11.8 Å². The molecule has 19 heavy (non-hydrogen) atoms. The number of halogens is 1. The van der Waals surface area contributed by atoms with Crippen molar-refractivity contribution in [3.8, 4) is 0 Å². The van der Waals surface area contributed by atoms with E-state index in [1.54, 1.807) is 0 Å². The Balaban J connectivity index is 1.59. The van der Waals surface area contributed by atoms with Crippen molar-refractivity contribution in [3.63, 3.8) is 0 Å². The minimum atomic E-state index is 0.243. The van der Waals surface area contributed by atoms with Crippen LogP contribution in [0.3, 0.4) is 0 Å². The van der Waals surface area contributed by atoms with E-state index in [1.807, 2.05) is 0 Å². The molecule has 0 saturated heterocycles. The van der Waals surface area contributed by atoms with E-state index in [-0.39, 0.29) is 11.8 Å². The molecule has 0 aliphatic heterocycles. The van der Waals surface area contributed by atoms with Gasteiger partial charge in [0.2, 0.25) is 5.91 Å². The van der Waals surface area contributed by atoms with Gasteiger partial charge in [-0.25, -0.2) is 0 Å². The first-order chi connectivity index (χ1) is 9.33. The number of rotatable bonds is 5. The second-order valence-electron chi connectivity index (χ2n) is 5.64. The van der Waals surface area contributed by atoms with E-state index in [9.17, 15) is 4.79 Å². The summed E-state index contributed by atoms with van der Waals surface area (Å²) < 4.78 is 0. The van der Waals surface area contributed by atoms with Crippen molar-refractivity contribution in [1.82, 2.24) is 5.32 Å². The summed E-state index contributed by atoms with van der Waals surface area (Å²) in [6.07, 6.45) is 4.52. The summed E-state index contributed by atoms with van der Waals surface area (Å²) in [5.74, 6) is 1.63. The van der Waals surface area contributed by atoms with Crippen LogP contribution < -0.4 is 5.32 Å². The average molecular weight is 322 g/mol. The molecule has 1 saturated carbocycles. The Labute approximate surface area is 123 Å². The Morgan fingerprint density at radius 2 is 2.16 bits per heavy atom. The van der Waals surface area contributed by atoms with Crippen LogP contribution in [-0.4, -0.2) is 17.8 Å². The lowest BCUT2D eigenvalue weighted by atomic mass is 9.92. The molecule has 3 atom stereocenters. The van der Waals surface area contributed by atoms with Crippen molar-refractivity contribution in [2.45, 2.75) is 31.6 Å². The molecule has 0 aromatic heterocycles. The zero-order chi connectivity index (χ0) is 13.2. The minimum absolute atomic E-state index is 0.243. The molecule has 1 aromatic rings. The lowest BCUT2D eigenvalue weighted by Gasteiger charge is -2.13. The Kier molecular flexibility index (Phi) is 3.92. The molecule has 2 nitrogen and oxygen atoms in total. The third-order valence-electron chi connectivity index (χ3n) is 4.49. The molecular formula is C16H20BrNO. The fourth-order valence-corrected chi connectivity index (χ4v) is 3.87. The van der Waals surface area contributed by atoms with Gasteiger partial charge in [0.05, 0.1) is 0 Å². The van der Waals surface area contributed by atoms with Gasteiger partial charge in [-0.2, -0.15) is 0 Å². The highest BCUT2D eigenvalue weighted by molar-refractivity contribution is 9.09. The van der Waals surface area contributed by atoms with Crippen LogP contribution in [0.4, 0.5) is 0 Å². The van der Waals surface area contributed by atoms with E-state index in [2.05, 4.69) is 45.5 Å². The molecule has 1 fully saturated rings. The van der Waals surface area contributed by atoms with Gasteiger partial charge in [-0.1, -0.05) is 40.2 Å². The number of hydrogen-bond acceptors (Lipinski definition) is 1. The molecule has 2 aliphatic carbocycles. The predicted molar refractivity (Wildman–Crippen MR) is 80.5 cm³/mol. The number of unbranched alkanes of at least 4 members (excludes halogenated alkanes) is 1. The normalized spacial score (nSPS) is 27.3. The van der Waals surface area contributed by atoms with Gasteiger partial charge < -0.3 is 5.32 Å². The van der Waals surface area contributed by atoms with Crippen molar-refractivity contribution in [3.05, 3.63) is 35.4 Å². The molecule has 0 heterocycles. The second-order valence-corrected chi connectivity index (χ2v) is 6.43. The van der Waals surface area contributed by atoms with E-state index in [0.29, 0.717) is 11.8 Å². The molecule has 1 amide bonds. The van der Waals surface area contributed by atoms with Crippen molar-refractivity contribution >= 4 is 21.8 Å². The summed E-state index contributed by atoms with van der Waals surface area (Å²) in [5.41, 5.74) is 2.89. The summed E-state index contributed by atoms with van der Waals surface area (Å²) in [6, 6.07) is 8.64. The van der Waals surface area contributed by atoms with E-state index in [0.717, 1.165) is 31.1 Å². The lowest BCUT2D eigenvalue weighted by molar-refractivity contribution is -0.122. The van der Waals surface area contributed by atoms with Gasteiger partial charge in [0, 0.05) is 17.8 Å². The van der Waals surface area contributed by atoms with Crippen LogP contribution in [0.5, 0.6) is 0 Å². The van der Waals surface area contributed by atoms with Crippen LogP contribution in [0.2, 0.25) is 0 Å². The molecule has 3 heteroatoms. The zero-order valence-electron chi connectivity index (χ0n) is 11.1. The van der Waals surface area contributed by atoms with Crippen LogP contribution >= 0.6 is 15.9 Å². The lowest BCUT2D eigenvalue weighted by Crippen LogP contribution is -2.27. The number of amides is 1. The first-order valence-electron chi connectivity index (χ1n) is 7.24. The Morgan fingerprint density at radius 1 is 1.32 bits per heavy atom. The first-order valence-corrected chi connectivity index (χ1v) is 8.36. The largest absolute Gasteiger partial charge is 0.356 e. The van der Waals surface area contributed by atoms with Gasteiger partial charge in [0.15, 0.2) is 0 Å². The minimum Gasteiger partial charge on any atom is -0.356 e. The number of carbonyl (C=O) groups is 1. The molecule has 3 unspecified atom stereocenters. The van der Waals surface area contributed by atoms with Crippen molar-refractivity contribution < 1.29 is 4.79 Å². The van der Waals surface area contributed by atoms with Crippen molar-refractivity contribution in [1.29, 1.82) is 0 Å². The Bertz CT molecular complexity index is 474. The third-order valence-corrected chi connectivity index (χ3v) is 5.05. The van der Waals surface area contributed by atoms with Crippen LogP contribution in [-0.2, 0) is 11.2 Å². The predicted octanol–water partition coefficient (Wildman–Crippen LogP) is 3.25. The number of hydrogen-bond donors (Lipinski definition) is 1. The molecule has 1 aromatic carbocycles. The smallest absolute Gasteiger partial charge is 0.224 e. The Morgan fingerprint density at radius 3 is 3.00 bits per heavy atom. The van der Waals surface area contributed by atoms with Gasteiger partial charge in [-0.15, -0.1) is 0 Å². The quantitative estimate of drug-likeness (QED) is 0.654. The summed E-state index contributed by atoms with van der Waals surface area (Å²) >= 11 is 3.41. The number of aryl methyl sites for hydroxylation is 1. The number of fused-ring (bicyclic) bond motifs is 3. The molecular weight excluding hydrogens is 302 g/mol. The van der Waals surface area contributed by atoms with Gasteiger partial charge in [-0.3, -0.25) is 4.79 Å². The molecule has 102 valence electrons.